The number of hydrogen-bond donors (Lipinski definition) is 0. The zero-order chi connectivity index (χ0) is 11.8. The van der Waals surface area contributed by atoms with Crippen LogP contribution in [0.15, 0.2) is 0 Å². The van der Waals surface area contributed by atoms with Gasteiger partial charge >= 0.3 is 5.97 Å². The maximum absolute atomic E-state index is 11.6. The highest BCUT2D eigenvalue weighted by atomic mass is 16.5. The van der Waals surface area contributed by atoms with Crippen molar-refractivity contribution in [2.24, 2.45) is 5.92 Å². The Labute approximate surface area is 91.6 Å². The molecule has 1 amide bonds. The molecule has 0 aromatic rings. The van der Waals surface area contributed by atoms with Crippen LogP contribution >= 0.6 is 0 Å². The van der Waals surface area contributed by atoms with Crippen molar-refractivity contribution in [2.45, 2.75) is 33.1 Å². The number of carbonyl (C=O) groups excluding carboxylic acids is 2. The first-order chi connectivity index (χ1) is 7.01. The zero-order valence-electron chi connectivity index (χ0n) is 10.1. The lowest BCUT2D eigenvalue weighted by Crippen LogP contribution is -2.30. The Morgan fingerprint density at radius 2 is 2.00 bits per heavy atom. The van der Waals surface area contributed by atoms with Crippen LogP contribution in [-0.2, 0) is 14.3 Å². The van der Waals surface area contributed by atoms with Gasteiger partial charge in [-0.25, -0.2) is 0 Å². The van der Waals surface area contributed by atoms with E-state index in [9.17, 15) is 9.59 Å². The molecule has 0 saturated heterocycles. The first-order valence-corrected chi connectivity index (χ1v) is 5.32. The molecular weight excluding hydrogens is 194 g/mol. The topological polar surface area (TPSA) is 46.6 Å². The molecule has 0 aliphatic carbocycles. The third-order valence-corrected chi connectivity index (χ3v) is 2.52. The Morgan fingerprint density at radius 3 is 2.47 bits per heavy atom. The van der Waals surface area contributed by atoms with Crippen LogP contribution in [0.25, 0.3) is 0 Å². The predicted molar refractivity (Wildman–Crippen MR) is 58.3 cm³/mol. The Morgan fingerprint density at radius 1 is 1.40 bits per heavy atom. The van der Waals surface area contributed by atoms with E-state index in [-0.39, 0.29) is 18.3 Å². The molecule has 15 heavy (non-hydrogen) atoms. The van der Waals surface area contributed by atoms with Crippen LogP contribution in [0.3, 0.4) is 0 Å². The van der Waals surface area contributed by atoms with E-state index in [0.29, 0.717) is 18.9 Å². The fourth-order valence-electron chi connectivity index (χ4n) is 1.08. The highest BCUT2D eigenvalue weighted by Crippen LogP contribution is 2.08. The molecule has 0 aromatic heterocycles. The van der Waals surface area contributed by atoms with Crippen molar-refractivity contribution in [2.75, 3.05) is 20.7 Å². The molecule has 0 aliphatic rings. The summed E-state index contributed by atoms with van der Waals surface area (Å²) >= 11 is 0. The van der Waals surface area contributed by atoms with Crippen LogP contribution in [0.5, 0.6) is 0 Å². The minimum Gasteiger partial charge on any atom is -0.469 e. The lowest BCUT2D eigenvalue weighted by molar-refractivity contribution is -0.141. The van der Waals surface area contributed by atoms with Crippen molar-refractivity contribution < 1.29 is 14.3 Å². The molecule has 0 fully saturated rings. The monoisotopic (exact) mass is 215 g/mol. The van der Waals surface area contributed by atoms with Crippen molar-refractivity contribution in [3.05, 3.63) is 0 Å². The molecule has 0 spiro atoms. The molecule has 0 aliphatic heterocycles. The Kier molecular flexibility index (Phi) is 6.75. The Bertz CT molecular complexity index is 216. The molecule has 0 bridgehead atoms. The summed E-state index contributed by atoms with van der Waals surface area (Å²) in [4.78, 5) is 24.0. The van der Waals surface area contributed by atoms with Gasteiger partial charge in [-0.2, -0.15) is 0 Å². The van der Waals surface area contributed by atoms with E-state index in [1.165, 1.54) is 7.11 Å². The molecule has 88 valence electrons. The lowest BCUT2D eigenvalue weighted by atomic mass is 10.0. The van der Waals surface area contributed by atoms with Gasteiger partial charge in [0.15, 0.2) is 0 Å². The van der Waals surface area contributed by atoms with Crippen molar-refractivity contribution in [3.63, 3.8) is 0 Å². The van der Waals surface area contributed by atoms with Crippen molar-refractivity contribution in [1.29, 1.82) is 0 Å². The second-order valence-electron chi connectivity index (χ2n) is 3.86. The Balaban J connectivity index is 3.83. The van der Waals surface area contributed by atoms with Crippen molar-refractivity contribution in [3.8, 4) is 0 Å². The van der Waals surface area contributed by atoms with Gasteiger partial charge < -0.3 is 9.64 Å². The number of amides is 1. The van der Waals surface area contributed by atoms with Gasteiger partial charge in [0.2, 0.25) is 5.91 Å². The van der Waals surface area contributed by atoms with Gasteiger partial charge in [-0.1, -0.05) is 20.3 Å². The number of esters is 1. The molecule has 1 unspecified atom stereocenters. The van der Waals surface area contributed by atoms with E-state index < -0.39 is 0 Å². The third kappa shape index (κ3) is 6.10. The summed E-state index contributed by atoms with van der Waals surface area (Å²) in [6.07, 6.45) is 1.81. The predicted octanol–water partition coefficient (Wildman–Crippen LogP) is 1.44. The molecule has 0 heterocycles. The lowest BCUT2D eigenvalue weighted by Gasteiger charge is -2.18. The molecule has 0 saturated carbocycles. The second-order valence-corrected chi connectivity index (χ2v) is 3.86. The number of nitrogens with zero attached hydrogens (tertiary/aromatic N) is 1. The van der Waals surface area contributed by atoms with Gasteiger partial charge in [0.25, 0.3) is 0 Å². The van der Waals surface area contributed by atoms with E-state index in [2.05, 4.69) is 11.7 Å². The fraction of sp³-hybridized carbons (Fsp3) is 0.818. The van der Waals surface area contributed by atoms with E-state index >= 15 is 0 Å². The van der Waals surface area contributed by atoms with Crippen molar-refractivity contribution in [1.82, 2.24) is 4.90 Å². The van der Waals surface area contributed by atoms with Crippen molar-refractivity contribution >= 4 is 11.9 Å². The maximum atomic E-state index is 11.6. The Hall–Kier alpha value is -1.06. The molecule has 0 radical (unpaired) electrons. The molecule has 0 rings (SSSR count). The van der Waals surface area contributed by atoms with Crippen LogP contribution in [0, 0.1) is 5.92 Å². The van der Waals surface area contributed by atoms with Gasteiger partial charge in [-0.15, -0.1) is 0 Å². The van der Waals surface area contributed by atoms with Crippen LogP contribution in [0.2, 0.25) is 0 Å². The number of rotatable bonds is 6. The summed E-state index contributed by atoms with van der Waals surface area (Å²) in [5.41, 5.74) is 0. The summed E-state index contributed by atoms with van der Waals surface area (Å²) in [7, 11) is 3.07. The average molecular weight is 215 g/mol. The minimum absolute atomic E-state index is 0.0910. The van der Waals surface area contributed by atoms with Crippen LogP contribution < -0.4 is 0 Å². The van der Waals surface area contributed by atoms with E-state index in [1.807, 2.05) is 6.92 Å². The summed E-state index contributed by atoms with van der Waals surface area (Å²) < 4.78 is 4.51. The smallest absolute Gasteiger partial charge is 0.307 e. The minimum atomic E-state index is -0.279. The van der Waals surface area contributed by atoms with Gasteiger partial charge in [-0.05, 0) is 5.92 Å². The molecule has 4 heteroatoms. The normalized spacial score (nSPS) is 12.0. The number of hydrogen-bond acceptors (Lipinski definition) is 3. The molecular formula is C11H21NO3. The van der Waals surface area contributed by atoms with Gasteiger partial charge in [-0.3, -0.25) is 9.59 Å². The number of methoxy groups -OCH3 is 1. The molecule has 1 atom stereocenters. The molecule has 4 nitrogen and oxygen atoms in total. The summed E-state index contributed by atoms with van der Waals surface area (Å²) in [5, 5.41) is 0. The maximum Gasteiger partial charge on any atom is 0.307 e. The average Bonchev–Trinajstić information content (AvgIpc) is 2.24. The summed E-state index contributed by atoms with van der Waals surface area (Å²) in [5.74, 6) is 0.213. The quantitative estimate of drug-likeness (QED) is 0.630. The van der Waals surface area contributed by atoms with Gasteiger partial charge in [0.1, 0.15) is 0 Å². The summed E-state index contributed by atoms with van der Waals surface area (Å²) in [6, 6.07) is 0. The zero-order valence-corrected chi connectivity index (χ0v) is 10.1. The SMILES string of the molecule is CCC(C)CC(=O)N(C)CCC(=O)OC. The highest BCUT2D eigenvalue weighted by Gasteiger charge is 2.13. The largest absolute Gasteiger partial charge is 0.469 e. The van der Waals surface area contributed by atoms with E-state index in [4.69, 9.17) is 0 Å². The van der Waals surface area contributed by atoms with Crippen LogP contribution in [0.1, 0.15) is 33.1 Å². The van der Waals surface area contributed by atoms with Gasteiger partial charge in [0.05, 0.1) is 13.5 Å². The van der Waals surface area contributed by atoms with E-state index in [0.717, 1.165) is 6.42 Å². The first-order valence-electron chi connectivity index (χ1n) is 5.32. The number of ether oxygens (including phenoxy) is 1. The highest BCUT2D eigenvalue weighted by molar-refractivity contribution is 5.77. The molecule has 0 N–H and O–H groups in total. The third-order valence-electron chi connectivity index (χ3n) is 2.52. The standard InChI is InChI=1S/C11H21NO3/c1-5-9(2)8-10(13)12(3)7-6-11(14)15-4/h9H,5-8H2,1-4H3. The van der Waals surface area contributed by atoms with Crippen LogP contribution in [-0.4, -0.2) is 37.5 Å². The molecule has 0 aromatic carbocycles. The van der Waals surface area contributed by atoms with Crippen LogP contribution in [0.4, 0.5) is 0 Å². The first kappa shape index (κ1) is 13.9. The fourth-order valence-corrected chi connectivity index (χ4v) is 1.08. The second kappa shape index (κ2) is 7.26. The van der Waals surface area contributed by atoms with Gasteiger partial charge in [0, 0.05) is 20.0 Å². The van der Waals surface area contributed by atoms with E-state index in [1.54, 1.807) is 11.9 Å². The summed E-state index contributed by atoms with van der Waals surface area (Å²) in [6.45, 7) is 4.54. The number of carbonyl (C=O) groups is 2.